The van der Waals surface area contributed by atoms with E-state index in [4.69, 9.17) is 0 Å². The summed E-state index contributed by atoms with van der Waals surface area (Å²) in [6.45, 7) is 4.40. The zero-order valence-electron chi connectivity index (χ0n) is 15.8. The number of anilines is 1. The molecular formula is C24H26BrNO. The zero-order valence-corrected chi connectivity index (χ0v) is 17.4. The molecule has 27 heavy (non-hydrogen) atoms. The van der Waals surface area contributed by atoms with Crippen LogP contribution in [0, 0.1) is 0 Å². The highest BCUT2D eigenvalue weighted by Crippen LogP contribution is 2.31. The number of benzene rings is 3. The highest BCUT2D eigenvalue weighted by Gasteiger charge is 2.18. The van der Waals surface area contributed by atoms with Crippen LogP contribution in [0.2, 0.25) is 0 Å². The molecule has 0 spiro atoms. The van der Waals surface area contributed by atoms with E-state index in [1.807, 2.05) is 42.5 Å². The molecule has 3 heteroatoms. The summed E-state index contributed by atoms with van der Waals surface area (Å²) in [5.74, 6) is 0.506. The van der Waals surface area contributed by atoms with Crippen LogP contribution in [0.4, 0.5) is 5.69 Å². The van der Waals surface area contributed by atoms with Gasteiger partial charge in [0.15, 0.2) is 0 Å². The molecule has 0 aliphatic carbocycles. The van der Waals surface area contributed by atoms with E-state index in [1.54, 1.807) is 0 Å². The average molecular weight is 424 g/mol. The normalized spacial score (nSPS) is 13.4. The minimum Gasteiger partial charge on any atom is -0.388 e. The number of halogens is 1. The fourth-order valence-corrected chi connectivity index (χ4v) is 3.44. The van der Waals surface area contributed by atoms with Crippen LogP contribution >= 0.6 is 15.9 Å². The van der Waals surface area contributed by atoms with E-state index < -0.39 is 6.10 Å². The topological polar surface area (TPSA) is 32.3 Å². The summed E-state index contributed by atoms with van der Waals surface area (Å²) in [4.78, 5) is 0. The van der Waals surface area contributed by atoms with Crippen LogP contribution < -0.4 is 5.32 Å². The molecule has 2 unspecified atom stereocenters. The van der Waals surface area contributed by atoms with Crippen molar-refractivity contribution in [2.24, 2.45) is 0 Å². The highest BCUT2D eigenvalue weighted by molar-refractivity contribution is 9.10. The number of hydrogen-bond acceptors (Lipinski definition) is 2. The van der Waals surface area contributed by atoms with Crippen LogP contribution in [-0.4, -0.2) is 5.11 Å². The van der Waals surface area contributed by atoms with Gasteiger partial charge in [-0.2, -0.15) is 0 Å². The maximum absolute atomic E-state index is 10.8. The summed E-state index contributed by atoms with van der Waals surface area (Å²) in [5.41, 5.74) is 4.48. The number of hydrogen-bond donors (Lipinski definition) is 2. The molecule has 0 aromatic heterocycles. The van der Waals surface area contributed by atoms with Gasteiger partial charge in [-0.25, -0.2) is 0 Å². The van der Waals surface area contributed by atoms with Crippen LogP contribution in [0.3, 0.4) is 0 Å². The van der Waals surface area contributed by atoms with Crippen LogP contribution in [0.15, 0.2) is 83.3 Å². The molecule has 3 aromatic rings. The van der Waals surface area contributed by atoms with Crippen LogP contribution in [0.5, 0.6) is 0 Å². The molecule has 2 nitrogen and oxygen atoms in total. The molecule has 0 radical (unpaired) electrons. The molecule has 0 aliphatic rings. The molecule has 2 N–H and O–H groups in total. The Morgan fingerprint density at radius 2 is 1.37 bits per heavy atom. The Labute approximate surface area is 170 Å². The van der Waals surface area contributed by atoms with Gasteiger partial charge in [-0.1, -0.05) is 84.4 Å². The predicted octanol–water partition coefficient (Wildman–Crippen LogP) is 6.85. The standard InChI is InChI=1S/C24H26BrNO/c1-17(2)18-8-10-19(11-9-18)23(26-22-14-12-21(25)13-15-22)16-24(27)20-6-4-3-5-7-20/h3-15,17,23-24,26-27H,16H2,1-2H3. The number of nitrogens with one attached hydrogen (secondary N) is 1. The second kappa shape index (κ2) is 9.20. The van der Waals surface area contributed by atoms with E-state index in [9.17, 15) is 5.11 Å². The van der Waals surface area contributed by atoms with Crippen molar-refractivity contribution in [3.63, 3.8) is 0 Å². The first-order valence-corrected chi connectivity index (χ1v) is 10.2. The summed E-state index contributed by atoms with van der Waals surface area (Å²) >= 11 is 3.48. The number of aliphatic hydroxyl groups excluding tert-OH is 1. The first-order chi connectivity index (χ1) is 13.0. The Morgan fingerprint density at radius 1 is 0.778 bits per heavy atom. The lowest BCUT2D eigenvalue weighted by molar-refractivity contribution is 0.160. The van der Waals surface area contributed by atoms with E-state index in [2.05, 4.69) is 71.5 Å². The van der Waals surface area contributed by atoms with Crippen molar-refractivity contribution in [3.8, 4) is 0 Å². The summed E-state index contributed by atoms with van der Waals surface area (Å²) in [6, 6.07) is 26.7. The van der Waals surface area contributed by atoms with E-state index in [0.29, 0.717) is 12.3 Å². The van der Waals surface area contributed by atoms with E-state index >= 15 is 0 Å². The summed E-state index contributed by atoms with van der Waals surface area (Å²) in [5, 5.41) is 14.4. The lowest BCUT2D eigenvalue weighted by Crippen LogP contribution is -2.15. The molecule has 0 amide bonds. The second-order valence-corrected chi connectivity index (χ2v) is 8.10. The van der Waals surface area contributed by atoms with Crippen molar-refractivity contribution < 1.29 is 5.11 Å². The Kier molecular flexibility index (Phi) is 6.70. The van der Waals surface area contributed by atoms with Crippen molar-refractivity contribution in [2.75, 3.05) is 5.32 Å². The van der Waals surface area contributed by atoms with Crippen LogP contribution in [0.25, 0.3) is 0 Å². The van der Waals surface area contributed by atoms with Gasteiger partial charge < -0.3 is 10.4 Å². The third kappa shape index (κ3) is 5.44. The Morgan fingerprint density at radius 3 is 1.96 bits per heavy atom. The third-order valence-electron chi connectivity index (χ3n) is 4.83. The average Bonchev–Trinajstić information content (AvgIpc) is 2.70. The van der Waals surface area contributed by atoms with Crippen molar-refractivity contribution in [2.45, 2.75) is 38.3 Å². The number of aliphatic hydroxyl groups is 1. The molecule has 2 atom stereocenters. The molecule has 0 fully saturated rings. The van der Waals surface area contributed by atoms with Gasteiger partial charge in [0.25, 0.3) is 0 Å². The zero-order chi connectivity index (χ0) is 19.2. The summed E-state index contributed by atoms with van der Waals surface area (Å²) in [7, 11) is 0. The fraction of sp³-hybridized carbons (Fsp3) is 0.250. The van der Waals surface area contributed by atoms with Gasteiger partial charge in [-0.15, -0.1) is 0 Å². The monoisotopic (exact) mass is 423 g/mol. The molecule has 0 bridgehead atoms. The molecule has 3 rings (SSSR count). The molecule has 3 aromatic carbocycles. The summed E-state index contributed by atoms with van der Waals surface area (Å²) in [6.07, 6.45) is 0.0742. The first kappa shape index (κ1) is 19.7. The first-order valence-electron chi connectivity index (χ1n) is 9.38. The molecule has 0 saturated carbocycles. The van der Waals surface area contributed by atoms with E-state index in [-0.39, 0.29) is 6.04 Å². The SMILES string of the molecule is CC(C)c1ccc(C(CC(O)c2ccccc2)Nc2ccc(Br)cc2)cc1. The predicted molar refractivity (Wildman–Crippen MR) is 117 cm³/mol. The summed E-state index contributed by atoms with van der Waals surface area (Å²) < 4.78 is 1.05. The van der Waals surface area contributed by atoms with Gasteiger partial charge in [0.1, 0.15) is 0 Å². The minimum atomic E-state index is -0.524. The Balaban J connectivity index is 1.84. The van der Waals surface area contributed by atoms with Crippen LogP contribution in [-0.2, 0) is 0 Å². The Hall–Kier alpha value is -2.10. The third-order valence-corrected chi connectivity index (χ3v) is 5.36. The molecule has 0 aliphatic heterocycles. The molecule has 0 heterocycles. The maximum atomic E-state index is 10.8. The highest BCUT2D eigenvalue weighted by atomic mass is 79.9. The van der Waals surface area contributed by atoms with Gasteiger partial charge in [-0.05, 0) is 46.9 Å². The van der Waals surface area contributed by atoms with Crippen molar-refractivity contribution >= 4 is 21.6 Å². The largest absolute Gasteiger partial charge is 0.388 e. The smallest absolute Gasteiger partial charge is 0.0812 e. The van der Waals surface area contributed by atoms with Gasteiger partial charge in [0.2, 0.25) is 0 Å². The Bertz CT molecular complexity index is 829. The van der Waals surface area contributed by atoms with Crippen molar-refractivity contribution in [3.05, 3.63) is 100 Å². The fourth-order valence-electron chi connectivity index (χ4n) is 3.17. The lowest BCUT2D eigenvalue weighted by Gasteiger charge is -2.24. The van der Waals surface area contributed by atoms with Crippen LogP contribution in [0.1, 0.15) is 55.0 Å². The number of rotatable bonds is 7. The quantitative estimate of drug-likeness (QED) is 0.435. The molecule has 140 valence electrons. The van der Waals surface area contributed by atoms with Gasteiger partial charge in [-0.3, -0.25) is 0 Å². The van der Waals surface area contributed by atoms with E-state index in [1.165, 1.54) is 11.1 Å². The molecule has 0 saturated heterocycles. The van der Waals surface area contributed by atoms with Gasteiger partial charge in [0.05, 0.1) is 12.1 Å². The van der Waals surface area contributed by atoms with Gasteiger partial charge in [0, 0.05) is 16.6 Å². The minimum absolute atomic E-state index is 0.0163. The second-order valence-electron chi connectivity index (χ2n) is 7.19. The molecular weight excluding hydrogens is 398 g/mol. The lowest BCUT2D eigenvalue weighted by atomic mass is 9.94. The van der Waals surface area contributed by atoms with E-state index in [0.717, 1.165) is 15.7 Å². The maximum Gasteiger partial charge on any atom is 0.0812 e. The van der Waals surface area contributed by atoms with Crippen molar-refractivity contribution in [1.29, 1.82) is 0 Å². The van der Waals surface area contributed by atoms with Gasteiger partial charge >= 0.3 is 0 Å². The van der Waals surface area contributed by atoms with Crippen molar-refractivity contribution in [1.82, 2.24) is 0 Å².